The Kier molecular flexibility index (Phi) is 6.76. The number of amides is 2. The van der Waals surface area contributed by atoms with E-state index >= 15 is 0 Å². The van der Waals surface area contributed by atoms with E-state index in [1.165, 1.54) is 0 Å². The highest BCUT2D eigenvalue weighted by molar-refractivity contribution is 6.09. The van der Waals surface area contributed by atoms with E-state index in [0.717, 1.165) is 11.1 Å². The van der Waals surface area contributed by atoms with Gasteiger partial charge in [-0.3, -0.25) is 15.0 Å². The third kappa shape index (κ3) is 4.43. The molecule has 1 aromatic heterocycles. The second-order valence-corrected chi connectivity index (χ2v) is 8.09. The molecule has 0 aliphatic carbocycles. The van der Waals surface area contributed by atoms with Crippen molar-refractivity contribution < 1.29 is 18.7 Å². The zero-order valence-corrected chi connectivity index (χ0v) is 19.1. The standard InChI is InChI=1S/C24H27FN6O3/c1-31-17-9-4-10-18(34-2)21(17)30-22(31)16(8-5-11-27-19(26)12-25)29-23(32)15-7-3-6-14-13-28-24(33)20(14)15/h3-4,6-7,9-10,16H,5,8,11-13H2,1-2H3,(H2,26,27)(H,28,33)(H,29,32)/t16-/m0/s1. The van der Waals surface area contributed by atoms with Gasteiger partial charge in [0, 0.05) is 20.1 Å². The Morgan fingerprint density at radius 2 is 2.12 bits per heavy atom. The molecule has 1 aliphatic heterocycles. The zero-order valence-electron chi connectivity index (χ0n) is 19.1. The van der Waals surface area contributed by atoms with Gasteiger partial charge in [0.15, 0.2) is 0 Å². The Labute approximate surface area is 196 Å². The highest BCUT2D eigenvalue weighted by atomic mass is 19.1. The van der Waals surface area contributed by atoms with Crippen LogP contribution in [0.25, 0.3) is 11.0 Å². The number of alkyl halides is 1. The highest BCUT2D eigenvalue weighted by Gasteiger charge is 2.28. The molecule has 4 rings (SSSR count). The Morgan fingerprint density at radius 3 is 2.88 bits per heavy atom. The molecule has 0 saturated heterocycles. The number of imidazole rings is 1. The van der Waals surface area contributed by atoms with Gasteiger partial charge in [0.05, 0.1) is 29.8 Å². The number of nitrogens with one attached hydrogen (secondary N) is 4. The fraction of sp³-hybridized carbons (Fsp3) is 0.333. The number of rotatable bonds is 9. The number of nitrogens with zero attached hydrogens (tertiary/aromatic N) is 2. The number of methoxy groups -OCH3 is 1. The molecular formula is C24H27FN6O3. The number of hydrogen-bond donors (Lipinski definition) is 4. The number of hydrogen-bond acceptors (Lipinski definition) is 5. The third-order valence-electron chi connectivity index (χ3n) is 5.95. The largest absolute Gasteiger partial charge is 0.494 e. The van der Waals surface area contributed by atoms with Gasteiger partial charge >= 0.3 is 0 Å². The van der Waals surface area contributed by atoms with Crippen LogP contribution < -0.4 is 20.7 Å². The minimum Gasteiger partial charge on any atom is -0.494 e. The summed E-state index contributed by atoms with van der Waals surface area (Å²) in [6, 6.07) is 10.4. The van der Waals surface area contributed by atoms with Gasteiger partial charge in [0.25, 0.3) is 11.8 Å². The first-order chi connectivity index (χ1) is 16.4. The van der Waals surface area contributed by atoms with Gasteiger partial charge in [0.2, 0.25) is 0 Å². The Hall–Kier alpha value is -3.95. The summed E-state index contributed by atoms with van der Waals surface area (Å²) in [5, 5.41) is 15.9. The van der Waals surface area contributed by atoms with Crippen LogP contribution in [0.3, 0.4) is 0 Å². The van der Waals surface area contributed by atoms with Crippen LogP contribution in [0.15, 0.2) is 36.4 Å². The number of halogens is 1. The summed E-state index contributed by atoms with van der Waals surface area (Å²) in [6.45, 7) is -0.0765. The zero-order chi connectivity index (χ0) is 24.2. The number of carbonyl (C=O) groups excluding carboxylic acids is 2. The fourth-order valence-electron chi connectivity index (χ4n) is 4.25. The molecule has 0 bridgehead atoms. The maximum absolute atomic E-state index is 13.3. The maximum Gasteiger partial charge on any atom is 0.252 e. The van der Waals surface area contributed by atoms with Gasteiger partial charge in [-0.1, -0.05) is 18.2 Å². The van der Waals surface area contributed by atoms with Crippen LogP contribution in [-0.4, -0.2) is 47.5 Å². The summed E-state index contributed by atoms with van der Waals surface area (Å²) >= 11 is 0. The van der Waals surface area contributed by atoms with Crippen LogP contribution in [0.4, 0.5) is 4.39 Å². The summed E-state index contributed by atoms with van der Waals surface area (Å²) < 4.78 is 19.9. The number of benzene rings is 2. The predicted octanol–water partition coefficient (Wildman–Crippen LogP) is 2.61. The van der Waals surface area contributed by atoms with E-state index in [-0.39, 0.29) is 17.6 Å². The quantitative estimate of drug-likeness (QED) is 0.219. The first-order valence-electron chi connectivity index (χ1n) is 11.0. The summed E-state index contributed by atoms with van der Waals surface area (Å²) in [5.74, 6) is 0.436. The second-order valence-electron chi connectivity index (χ2n) is 8.09. The Morgan fingerprint density at radius 1 is 1.32 bits per heavy atom. The van der Waals surface area contributed by atoms with E-state index in [1.807, 2.05) is 35.9 Å². The van der Waals surface area contributed by atoms with Gasteiger partial charge < -0.3 is 25.3 Å². The molecule has 0 fully saturated rings. The molecule has 2 amide bonds. The first-order valence-corrected chi connectivity index (χ1v) is 11.0. The van der Waals surface area contributed by atoms with Crippen LogP contribution >= 0.6 is 0 Å². The van der Waals surface area contributed by atoms with E-state index < -0.39 is 12.7 Å². The topological polar surface area (TPSA) is 121 Å². The molecule has 9 nitrogen and oxygen atoms in total. The minimum atomic E-state index is -0.855. The molecule has 2 aromatic carbocycles. The number of aromatic nitrogens is 2. The molecule has 0 spiro atoms. The SMILES string of the molecule is COc1cccc2c1nc([C@H](CCCNC(=N)CF)NC(=O)c1cccc3c1C(=O)NC3)n2C. The smallest absolute Gasteiger partial charge is 0.252 e. The lowest BCUT2D eigenvalue weighted by Gasteiger charge is -2.20. The Bertz CT molecular complexity index is 1250. The van der Waals surface area contributed by atoms with Crippen molar-refractivity contribution in [3.63, 3.8) is 0 Å². The predicted molar refractivity (Wildman–Crippen MR) is 126 cm³/mol. The van der Waals surface area contributed by atoms with Crippen molar-refractivity contribution in [2.24, 2.45) is 7.05 Å². The van der Waals surface area contributed by atoms with Crippen molar-refractivity contribution in [3.05, 3.63) is 58.9 Å². The molecule has 10 heteroatoms. The lowest BCUT2D eigenvalue weighted by Crippen LogP contribution is -2.33. The molecule has 4 N–H and O–H groups in total. The van der Waals surface area contributed by atoms with Crippen molar-refractivity contribution >= 4 is 28.7 Å². The lowest BCUT2D eigenvalue weighted by atomic mass is 10.0. The van der Waals surface area contributed by atoms with Gasteiger partial charge in [-0.05, 0) is 36.6 Å². The molecule has 34 heavy (non-hydrogen) atoms. The molecule has 2 heterocycles. The molecule has 0 saturated carbocycles. The van der Waals surface area contributed by atoms with Gasteiger partial charge in [-0.15, -0.1) is 0 Å². The van der Waals surface area contributed by atoms with E-state index in [2.05, 4.69) is 16.0 Å². The van der Waals surface area contributed by atoms with Crippen LogP contribution in [0.5, 0.6) is 5.75 Å². The van der Waals surface area contributed by atoms with E-state index in [4.69, 9.17) is 15.1 Å². The van der Waals surface area contributed by atoms with Crippen molar-refractivity contribution in [3.8, 4) is 5.75 Å². The molecule has 1 atom stereocenters. The Balaban J connectivity index is 1.64. The van der Waals surface area contributed by atoms with Crippen LogP contribution in [0, 0.1) is 5.41 Å². The van der Waals surface area contributed by atoms with Gasteiger partial charge in [-0.25, -0.2) is 9.37 Å². The van der Waals surface area contributed by atoms with Crippen molar-refractivity contribution in [1.82, 2.24) is 25.5 Å². The minimum absolute atomic E-state index is 0.182. The van der Waals surface area contributed by atoms with Crippen LogP contribution in [-0.2, 0) is 13.6 Å². The number of carbonyl (C=O) groups is 2. The monoisotopic (exact) mass is 466 g/mol. The maximum atomic E-state index is 13.3. The summed E-state index contributed by atoms with van der Waals surface area (Å²) in [5.41, 5.74) is 3.02. The normalized spacial score (nSPS) is 13.3. The summed E-state index contributed by atoms with van der Waals surface area (Å²) in [7, 11) is 3.45. The summed E-state index contributed by atoms with van der Waals surface area (Å²) in [4.78, 5) is 30.4. The second kappa shape index (κ2) is 9.90. The summed E-state index contributed by atoms with van der Waals surface area (Å²) in [6.07, 6.45) is 1.04. The number of fused-ring (bicyclic) bond motifs is 2. The van der Waals surface area contributed by atoms with E-state index in [9.17, 15) is 14.0 Å². The average molecular weight is 467 g/mol. The van der Waals surface area contributed by atoms with Crippen LogP contribution in [0.2, 0.25) is 0 Å². The van der Waals surface area contributed by atoms with Crippen molar-refractivity contribution in [2.75, 3.05) is 20.3 Å². The van der Waals surface area contributed by atoms with E-state index in [1.54, 1.807) is 19.2 Å². The lowest BCUT2D eigenvalue weighted by molar-refractivity contribution is 0.0912. The molecule has 178 valence electrons. The molecule has 0 radical (unpaired) electrons. The molecular weight excluding hydrogens is 439 g/mol. The highest BCUT2D eigenvalue weighted by Crippen LogP contribution is 2.29. The molecule has 3 aromatic rings. The van der Waals surface area contributed by atoms with Gasteiger partial charge in [-0.2, -0.15) is 0 Å². The fourth-order valence-corrected chi connectivity index (χ4v) is 4.25. The van der Waals surface area contributed by atoms with Crippen LogP contribution in [0.1, 0.15) is 51.0 Å². The number of amidine groups is 1. The first kappa shape index (κ1) is 23.2. The third-order valence-corrected chi connectivity index (χ3v) is 5.95. The van der Waals surface area contributed by atoms with E-state index in [0.29, 0.717) is 54.1 Å². The number of ether oxygens (including phenoxy) is 1. The number of aryl methyl sites for hydroxylation is 1. The average Bonchev–Trinajstić information content (AvgIpc) is 3.40. The van der Waals surface area contributed by atoms with Crippen molar-refractivity contribution in [2.45, 2.75) is 25.4 Å². The molecule has 1 aliphatic rings. The van der Waals surface area contributed by atoms with Crippen molar-refractivity contribution in [1.29, 1.82) is 5.41 Å². The number of para-hydroxylation sites is 1. The van der Waals surface area contributed by atoms with Gasteiger partial charge in [0.1, 0.15) is 29.6 Å². The molecule has 0 unspecified atom stereocenters.